The second kappa shape index (κ2) is 6.72. The van der Waals surface area contributed by atoms with Crippen molar-refractivity contribution >= 4 is 15.7 Å². The number of hydrogen-bond donors (Lipinski definition) is 1. The summed E-state index contributed by atoms with van der Waals surface area (Å²) in [5, 5.41) is 11.0. The number of rotatable bonds is 5. The molecule has 1 heterocycles. The monoisotopic (exact) mass is 327 g/mol. The minimum Gasteiger partial charge on any atom is -0.297 e. The van der Waals surface area contributed by atoms with Crippen LogP contribution in [0, 0.1) is 17.0 Å². The van der Waals surface area contributed by atoms with E-state index in [1.165, 1.54) is 0 Å². The SMILES string of the molecule is Cc1ccc(CN2CCCC(NS(C)(=O)=O)C2)cc1[N+](=O)[O-]. The van der Waals surface area contributed by atoms with E-state index >= 15 is 0 Å². The van der Waals surface area contributed by atoms with Crippen LogP contribution in [0.25, 0.3) is 0 Å². The molecule has 1 aliphatic heterocycles. The molecule has 122 valence electrons. The second-order valence-corrected chi connectivity index (χ2v) is 7.62. The maximum absolute atomic E-state index is 11.3. The molecule has 0 saturated carbocycles. The zero-order valence-corrected chi connectivity index (χ0v) is 13.6. The first-order valence-corrected chi connectivity index (χ1v) is 9.07. The summed E-state index contributed by atoms with van der Waals surface area (Å²) < 4.78 is 25.3. The molecule has 1 atom stereocenters. The van der Waals surface area contributed by atoms with Crippen LogP contribution in [0.15, 0.2) is 18.2 Å². The molecule has 0 radical (unpaired) electrons. The quantitative estimate of drug-likeness (QED) is 0.652. The van der Waals surface area contributed by atoms with Gasteiger partial charge in [-0.15, -0.1) is 0 Å². The van der Waals surface area contributed by atoms with Crippen LogP contribution in [-0.4, -0.2) is 43.6 Å². The van der Waals surface area contributed by atoms with Crippen LogP contribution in [0.5, 0.6) is 0 Å². The first-order chi connectivity index (χ1) is 10.2. The van der Waals surface area contributed by atoms with E-state index in [2.05, 4.69) is 9.62 Å². The van der Waals surface area contributed by atoms with Gasteiger partial charge in [-0.2, -0.15) is 0 Å². The van der Waals surface area contributed by atoms with Gasteiger partial charge in [-0.05, 0) is 31.9 Å². The lowest BCUT2D eigenvalue weighted by Crippen LogP contribution is -2.46. The Morgan fingerprint density at radius 2 is 2.18 bits per heavy atom. The van der Waals surface area contributed by atoms with Gasteiger partial charge in [-0.25, -0.2) is 13.1 Å². The minimum atomic E-state index is -3.21. The predicted octanol–water partition coefficient (Wildman–Crippen LogP) is 1.42. The van der Waals surface area contributed by atoms with Gasteiger partial charge in [-0.1, -0.05) is 12.1 Å². The van der Waals surface area contributed by atoms with Crippen molar-refractivity contribution in [3.05, 3.63) is 39.4 Å². The lowest BCUT2D eigenvalue weighted by Gasteiger charge is -2.32. The molecule has 0 bridgehead atoms. The summed E-state index contributed by atoms with van der Waals surface area (Å²) in [5.41, 5.74) is 1.64. The summed E-state index contributed by atoms with van der Waals surface area (Å²) in [4.78, 5) is 12.7. The minimum absolute atomic E-state index is 0.0933. The van der Waals surface area contributed by atoms with Gasteiger partial charge in [0.1, 0.15) is 0 Å². The number of piperidine rings is 1. The number of sulfonamides is 1. The van der Waals surface area contributed by atoms with Gasteiger partial charge in [-0.3, -0.25) is 15.0 Å². The van der Waals surface area contributed by atoms with Crippen LogP contribution in [-0.2, 0) is 16.6 Å². The van der Waals surface area contributed by atoms with Crippen LogP contribution >= 0.6 is 0 Å². The number of nitrogens with one attached hydrogen (secondary N) is 1. The first-order valence-electron chi connectivity index (χ1n) is 7.18. The van der Waals surface area contributed by atoms with Crippen LogP contribution in [0.2, 0.25) is 0 Å². The zero-order chi connectivity index (χ0) is 16.3. The van der Waals surface area contributed by atoms with Crippen molar-refractivity contribution in [3.8, 4) is 0 Å². The molecule has 7 nitrogen and oxygen atoms in total. The first kappa shape index (κ1) is 16.9. The molecule has 0 aliphatic carbocycles. The number of likely N-dealkylation sites (tertiary alicyclic amines) is 1. The Morgan fingerprint density at radius 1 is 1.45 bits per heavy atom. The summed E-state index contributed by atoms with van der Waals surface area (Å²) in [6, 6.07) is 5.15. The van der Waals surface area contributed by atoms with Crippen LogP contribution in [0.4, 0.5) is 5.69 Å². The van der Waals surface area contributed by atoms with Gasteiger partial charge < -0.3 is 0 Å². The number of aryl methyl sites for hydroxylation is 1. The van der Waals surface area contributed by atoms with Crippen molar-refractivity contribution in [1.29, 1.82) is 0 Å². The third kappa shape index (κ3) is 4.75. The fourth-order valence-electron chi connectivity index (χ4n) is 2.81. The van der Waals surface area contributed by atoms with Gasteiger partial charge in [0.05, 0.1) is 11.2 Å². The molecule has 1 fully saturated rings. The van der Waals surface area contributed by atoms with Crippen molar-refractivity contribution in [1.82, 2.24) is 9.62 Å². The van der Waals surface area contributed by atoms with Gasteiger partial charge in [0.15, 0.2) is 0 Å². The Labute approximate surface area is 130 Å². The number of hydrogen-bond acceptors (Lipinski definition) is 5. The van der Waals surface area contributed by atoms with E-state index < -0.39 is 10.0 Å². The van der Waals surface area contributed by atoms with Crippen LogP contribution in [0.1, 0.15) is 24.0 Å². The average Bonchev–Trinajstić information content (AvgIpc) is 2.39. The zero-order valence-electron chi connectivity index (χ0n) is 12.8. The average molecular weight is 327 g/mol. The fourth-order valence-corrected chi connectivity index (χ4v) is 3.60. The highest BCUT2D eigenvalue weighted by Gasteiger charge is 2.23. The molecular weight excluding hydrogens is 306 g/mol. The summed E-state index contributed by atoms with van der Waals surface area (Å²) >= 11 is 0. The Balaban J connectivity index is 2.04. The molecule has 22 heavy (non-hydrogen) atoms. The van der Waals surface area contributed by atoms with E-state index in [0.717, 1.165) is 31.2 Å². The summed E-state index contributed by atoms with van der Waals surface area (Å²) in [7, 11) is -3.21. The number of nitro groups is 1. The molecule has 1 unspecified atom stereocenters. The molecular formula is C14H21N3O4S. The Bertz CT molecular complexity index is 660. The Hall–Kier alpha value is -1.51. The lowest BCUT2D eigenvalue weighted by molar-refractivity contribution is -0.385. The van der Waals surface area contributed by atoms with E-state index in [1.807, 2.05) is 6.07 Å². The third-order valence-corrected chi connectivity index (χ3v) is 4.52. The van der Waals surface area contributed by atoms with Crippen molar-refractivity contribution < 1.29 is 13.3 Å². The predicted molar refractivity (Wildman–Crippen MR) is 84.1 cm³/mol. The molecule has 0 amide bonds. The molecule has 0 aromatic heterocycles. The third-order valence-electron chi connectivity index (χ3n) is 3.76. The fraction of sp³-hybridized carbons (Fsp3) is 0.571. The van der Waals surface area contributed by atoms with Gasteiger partial charge in [0.25, 0.3) is 5.69 Å². The molecule has 1 aromatic rings. The van der Waals surface area contributed by atoms with E-state index in [4.69, 9.17) is 0 Å². The molecule has 1 N–H and O–H groups in total. The van der Waals surface area contributed by atoms with Gasteiger partial charge in [0.2, 0.25) is 10.0 Å². The smallest absolute Gasteiger partial charge is 0.272 e. The van der Waals surface area contributed by atoms with Gasteiger partial charge >= 0.3 is 0 Å². The van der Waals surface area contributed by atoms with Crippen LogP contribution in [0.3, 0.4) is 0 Å². The van der Waals surface area contributed by atoms with Crippen LogP contribution < -0.4 is 4.72 Å². The summed E-state index contributed by atoms with van der Waals surface area (Å²) in [6.45, 7) is 3.79. The maximum atomic E-state index is 11.3. The highest BCUT2D eigenvalue weighted by atomic mass is 32.2. The second-order valence-electron chi connectivity index (χ2n) is 5.84. The molecule has 1 saturated heterocycles. The van der Waals surface area contributed by atoms with Crippen molar-refractivity contribution in [2.75, 3.05) is 19.3 Å². The van der Waals surface area contributed by atoms with E-state index in [0.29, 0.717) is 18.7 Å². The number of nitro benzene ring substituents is 1. The van der Waals surface area contributed by atoms with E-state index in [-0.39, 0.29) is 16.7 Å². The van der Waals surface area contributed by atoms with E-state index in [1.54, 1.807) is 19.1 Å². The lowest BCUT2D eigenvalue weighted by atomic mass is 10.0. The summed E-state index contributed by atoms with van der Waals surface area (Å²) in [5.74, 6) is 0. The molecule has 1 aliphatic rings. The molecule has 0 spiro atoms. The number of nitrogens with zero attached hydrogens (tertiary/aromatic N) is 2. The normalized spacial score (nSPS) is 20.0. The maximum Gasteiger partial charge on any atom is 0.272 e. The Morgan fingerprint density at radius 3 is 2.82 bits per heavy atom. The van der Waals surface area contributed by atoms with Gasteiger partial charge in [0, 0.05) is 30.8 Å². The largest absolute Gasteiger partial charge is 0.297 e. The molecule has 2 rings (SSSR count). The topological polar surface area (TPSA) is 92.6 Å². The summed E-state index contributed by atoms with van der Waals surface area (Å²) in [6.07, 6.45) is 2.88. The van der Waals surface area contributed by atoms with E-state index in [9.17, 15) is 18.5 Å². The van der Waals surface area contributed by atoms with Crippen molar-refractivity contribution in [2.45, 2.75) is 32.4 Å². The highest BCUT2D eigenvalue weighted by Crippen LogP contribution is 2.21. The molecule has 1 aromatic carbocycles. The molecule has 8 heteroatoms. The standard InChI is InChI=1S/C14H21N3O4S/c1-11-5-6-12(8-14(11)17(18)19)9-16-7-3-4-13(10-16)15-22(2,20)21/h5-6,8,13,15H,3-4,7,9-10H2,1-2H3. The Kier molecular flexibility index (Phi) is 5.15. The van der Waals surface area contributed by atoms with Crippen molar-refractivity contribution in [3.63, 3.8) is 0 Å². The highest BCUT2D eigenvalue weighted by molar-refractivity contribution is 7.88. The number of benzene rings is 1. The van der Waals surface area contributed by atoms with Crippen molar-refractivity contribution in [2.24, 2.45) is 0 Å².